The van der Waals surface area contributed by atoms with Crippen molar-refractivity contribution < 1.29 is 14.0 Å². The summed E-state index contributed by atoms with van der Waals surface area (Å²) in [6, 6.07) is 12.4. The highest BCUT2D eigenvalue weighted by molar-refractivity contribution is 5.99. The fourth-order valence-electron chi connectivity index (χ4n) is 4.55. The third kappa shape index (κ3) is 5.91. The predicted octanol–water partition coefficient (Wildman–Crippen LogP) is 4.63. The highest BCUT2D eigenvalue weighted by Crippen LogP contribution is 2.23. The SMILES string of the molecule is CC(C)Cn1cc(C(=O)NC(c2ccccc2)c2ccco2)c(=O)c(C(=O)N2CCCCCC2)c1. The molecule has 2 aromatic heterocycles. The second kappa shape index (κ2) is 11.2. The molecule has 1 atom stereocenters. The van der Waals surface area contributed by atoms with Crippen LogP contribution in [0.2, 0.25) is 0 Å². The average Bonchev–Trinajstić information content (AvgIpc) is 3.24. The molecule has 1 aliphatic rings. The Balaban J connectivity index is 1.70. The molecule has 184 valence electrons. The number of furan rings is 1. The Bertz CT molecular complexity index is 1190. The van der Waals surface area contributed by atoms with Gasteiger partial charge in [0.05, 0.1) is 6.26 Å². The number of nitrogens with zero attached hydrogens (tertiary/aromatic N) is 2. The molecule has 0 aliphatic carbocycles. The number of likely N-dealkylation sites (tertiary alicyclic amines) is 1. The van der Waals surface area contributed by atoms with Crippen LogP contribution in [-0.2, 0) is 6.54 Å². The second-order valence-electron chi connectivity index (χ2n) is 9.54. The van der Waals surface area contributed by atoms with Crippen LogP contribution < -0.4 is 10.7 Å². The Labute approximate surface area is 205 Å². The van der Waals surface area contributed by atoms with Crippen LogP contribution in [0.4, 0.5) is 0 Å². The largest absolute Gasteiger partial charge is 0.467 e. The van der Waals surface area contributed by atoms with Gasteiger partial charge in [-0.25, -0.2) is 0 Å². The van der Waals surface area contributed by atoms with Crippen molar-refractivity contribution in [2.45, 2.75) is 52.1 Å². The third-order valence-corrected chi connectivity index (χ3v) is 6.26. The number of pyridine rings is 1. The zero-order valence-corrected chi connectivity index (χ0v) is 20.4. The van der Waals surface area contributed by atoms with Crippen LogP contribution in [0.5, 0.6) is 0 Å². The van der Waals surface area contributed by atoms with Crippen molar-refractivity contribution in [2.75, 3.05) is 13.1 Å². The van der Waals surface area contributed by atoms with Gasteiger partial charge in [-0.1, -0.05) is 57.0 Å². The number of carbonyl (C=O) groups excluding carboxylic acids is 2. The smallest absolute Gasteiger partial charge is 0.259 e. The molecule has 2 amide bonds. The molecule has 3 heterocycles. The van der Waals surface area contributed by atoms with Crippen LogP contribution in [0.1, 0.15) is 77.6 Å². The lowest BCUT2D eigenvalue weighted by Crippen LogP contribution is -2.39. The van der Waals surface area contributed by atoms with E-state index in [0.717, 1.165) is 31.2 Å². The highest BCUT2D eigenvalue weighted by Gasteiger charge is 2.26. The third-order valence-electron chi connectivity index (χ3n) is 6.26. The molecule has 0 radical (unpaired) electrons. The maximum absolute atomic E-state index is 13.5. The molecule has 0 saturated carbocycles. The molecule has 7 nitrogen and oxygen atoms in total. The van der Waals surface area contributed by atoms with Gasteiger partial charge in [-0.3, -0.25) is 14.4 Å². The fraction of sp³-hybridized carbons (Fsp3) is 0.393. The summed E-state index contributed by atoms with van der Waals surface area (Å²) in [6.45, 7) is 5.95. The van der Waals surface area contributed by atoms with E-state index < -0.39 is 17.4 Å². The van der Waals surface area contributed by atoms with Gasteiger partial charge in [-0.2, -0.15) is 0 Å². The van der Waals surface area contributed by atoms with Gasteiger partial charge in [0.1, 0.15) is 22.9 Å². The summed E-state index contributed by atoms with van der Waals surface area (Å²) in [5, 5.41) is 2.96. The lowest BCUT2D eigenvalue weighted by Gasteiger charge is -2.22. The minimum Gasteiger partial charge on any atom is -0.467 e. The molecule has 1 N–H and O–H groups in total. The number of rotatable bonds is 7. The molecule has 1 aromatic carbocycles. The van der Waals surface area contributed by atoms with E-state index in [1.165, 1.54) is 0 Å². The van der Waals surface area contributed by atoms with Gasteiger partial charge in [0.25, 0.3) is 11.8 Å². The van der Waals surface area contributed by atoms with Crippen LogP contribution in [0.15, 0.2) is 70.3 Å². The zero-order valence-electron chi connectivity index (χ0n) is 20.4. The first-order chi connectivity index (χ1) is 16.9. The lowest BCUT2D eigenvalue weighted by atomic mass is 10.0. The molecular weight excluding hydrogens is 442 g/mol. The van der Waals surface area contributed by atoms with Crippen LogP contribution >= 0.6 is 0 Å². The summed E-state index contributed by atoms with van der Waals surface area (Å²) in [5.74, 6) is -0.00318. The van der Waals surface area contributed by atoms with E-state index in [4.69, 9.17) is 4.42 Å². The van der Waals surface area contributed by atoms with Gasteiger partial charge in [-0.05, 0) is 36.5 Å². The summed E-state index contributed by atoms with van der Waals surface area (Å²) in [6.07, 6.45) is 8.72. The van der Waals surface area contributed by atoms with E-state index in [-0.39, 0.29) is 23.0 Å². The molecule has 3 aromatic rings. The van der Waals surface area contributed by atoms with E-state index >= 15 is 0 Å². The number of aromatic nitrogens is 1. The van der Waals surface area contributed by atoms with E-state index in [1.807, 2.05) is 30.3 Å². The molecule has 7 heteroatoms. The Morgan fingerprint density at radius 3 is 2.26 bits per heavy atom. The van der Waals surface area contributed by atoms with Crippen molar-refractivity contribution in [3.63, 3.8) is 0 Å². The van der Waals surface area contributed by atoms with Crippen molar-refractivity contribution in [1.82, 2.24) is 14.8 Å². The summed E-state index contributed by atoms with van der Waals surface area (Å²) < 4.78 is 7.38. The molecule has 0 spiro atoms. The van der Waals surface area contributed by atoms with Crippen LogP contribution in [-0.4, -0.2) is 34.4 Å². The van der Waals surface area contributed by atoms with Crippen LogP contribution in [0.25, 0.3) is 0 Å². The first-order valence-electron chi connectivity index (χ1n) is 12.4. The average molecular weight is 476 g/mol. The first-order valence-corrected chi connectivity index (χ1v) is 12.4. The summed E-state index contributed by atoms with van der Waals surface area (Å²) in [7, 11) is 0. The quantitative estimate of drug-likeness (QED) is 0.540. The second-order valence-corrected chi connectivity index (χ2v) is 9.54. The topological polar surface area (TPSA) is 84.5 Å². The molecule has 1 aliphatic heterocycles. The molecular formula is C28H33N3O4. The number of hydrogen-bond acceptors (Lipinski definition) is 4. The highest BCUT2D eigenvalue weighted by atomic mass is 16.3. The van der Waals surface area contributed by atoms with Crippen molar-refractivity contribution >= 4 is 11.8 Å². The molecule has 0 bridgehead atoms. The Morgan fingerprint density at radius 2 is 1.63 bits per heavy atom. The van der Waals surface area contributed by atoms with E-state index in [9.17, 15) is 14.4 Å². The van der Waals surface area contributed by atoms with Gasteiger partial charge in [0, 0.05) is 32.0 Å². The number of amides is 2. The standard InChI is InChI=1S/C28H33N3O4/c1-20(2)17-30-18-22(26(32)23(19-30)28(34)31-14-8-3-4-9-15-31)27(33)29-25(24-13-10-16-35-24)21-11-6-5-7-12-21/h5-7,10-13,16,18-20,25H,3-4,8-9,14-15,17H2,1-2H3,(H,29,33). The normalized spacial score (nSPS) is 15.0. The molecule has 1 saturated heterocycles. The first kappa shape index (κ1) is 24.5. The monoisotopic (exact) mass is 475 g/mol. The predicted molar refractivity (Wildman–Crippen MR) is 134 cm³/mol. The van der Waals surface area contributed by atoms with Gasteiger partial charge in [-0.15, -0.1) is 0 Å². The Hall–Kier alpha value is -3.61. The molecule has 1 fully saturated rings. The lowest BCUT2D eigenvalue weighted by molar-refractivity contribution is 0.0759. The van der Waals surface area contributed by atoms with Gasteiger partial charge < -0.3 is 19.2 Å². The summed E-state index contributed by atoms with van der Waals surface area (Å²) in [4.78, 5) is 42.1. The van der Waals surface area contributed by atoms with Crippen molar-refractivity contribution in [2.24, 2.45) is 5.92 Å². The maximum atomic E-state index is 13.5. The van der Waals surface area contributed by atoms with Gasteiger partial charge in [0.2, 0.25) is 5.43 Å². The zero-order chi connectivity index (χ0) is 24.8. The van der Waals surface area contributed by atoms with Gasteiger partial charge in [0.15, 0.2) is 0 Å². The van der Waals surface area contributed by atoms with Crippen molar-refractivity contribution in [3.05, 3.63) is 93.8 Å². The van der Waals surface area contributed by atoms with Crippen molar-refractivity contribution in [1.29, 1.82) is 0 Å². The minimum atomic E-state index is -0.568. The summed E-state index contributed by atoms with van der Waals surface area (Å²) in [5.41, 5.74) is 0.298. The number of carbonyl (C=O) groups is 2. The summed E-state index contributed by atoms with van der Waals surface area (Å²) >= 11 is 0. The van der Waals surface area contributed by atoms with Crippen LogP contribution in [0.3, 0.4) is 0 Å². The Morgan fingerprint density at radius 1 is 0.943 bits per heavy atom. The van der Waals surface area contributed by atoms with Crippen molar-refractivity contribution in [3.8, 4) is 0 Å². The number of benzene rings is 1. The fourth-order valence-corrected chi connectivity index (χ4v) is 4.55. The minimum absolute atomic E-state index is 0.0428. The molecule has 4 rings (SSSR count). The molecule has 35 heavy (non-hydrogen) atoms. The molecule has 1 unspecified atom stereocenters. The maximum Gasteiger partial charge on any atom is 0.259 e. The number of hydrogen-bond donors (Lipinski definition) is 1. The van der Waals surface area contributed by atoms with E-state index in [1.54, 1.807) is 40.3 Å². The van der Waals surface area contributed by atoms with E-state index in [2.05, 4.69) is 19.2 Å². The van der Waals surface area contributed by atoms with Crippen LogP contribution in [0, 0.1) is 5.92 Å². The number of nitrogens with one attached hydrogen (secondary N) is 1. The van der Waals surface area contributed by atoms with E-state index in [0.29, 0.717) is 25.4 Å². The Kier molecular flexibility index (Phi) is 7.85. The van der Waals surface area contributed by atoms with Gasteiger partial charge >= 0.3 is 0 Å².